The fourth-order valence-electron chi connectivity index (χ4n) is 2.86. The molecular formula is C16H14N4OS. The number of carbonyl (C=O) groups excluding carboxylic acids is 1. The maximum Gasteiger partial charge on any atom is 0.326 e. The van der Waals surface area contributed by atoms with Crippen LogP contribution in [-0.2, 0) is 0 Å². The molecule has 0 aliphatic carbocycles. The zero-order valence-electron chi connectivity index (χ0n) is 12.0. The van der Waals surface area contributed by atoms with E-state index in [9.17, 15) is 4.79 Å². The summed E-state index contributed by atoms with van der Waals surface area (Å²) < 4.78 is 4.92. The molecule has 0 bridgehead atoms. The molecule has 0 radical (unpaired) electrons. The van der Waals surface area contributed by atoms with E-state index in [1.54, 1.807) is 4.90 Å². The monoisotopic (exact) mass is 310 g/mol. The van der Waals surface area contributed by atoms with E-state index < -0.39 is 0 Å². The lowest BCUT2D eigenvalue weighted by atomic mass is 10.0. The molecule has 0 unspecified atom stereocenters. The van der Waals surface area contributed by atoms with Crippen molar-refractivity contribution in [3.05, 3.63) is 48.0 Å². The zero-order valence-corrected chi connectivity index (χ0v) is 12.8. The van der Waals surface area contributed by atoms with Crippen molar-refractivity contribution in [3.63, 3.8) is 0 Å². The first kappa shape index (κ1) is 13.2. The van der Waals surface area contributed by atoms with E-state index in [-0.39, 0.29) is 6.03 Å². The van der Waals surface area contributed by atoms with Crippen LogP contribution >= 0.6 is 11.5 Å². The Hall–Kier alpha value is -2.47. The summed E-state index contributed by atoms with van der Waals surface area (Å²) in [6.07, 6.45) is 0. The van der Waals surface area contributed by atoms with Crippen LogP contribution in [0.15, 0.2) is 42.5 Å². The Morgan fingerprint density at radius 1 is 1.32 bits per heavy atom. The van der Waals surface area contributed by atoms with Gasteiger partial charge in [0.15, 0.2) is 0 Å². The van der Waals surface area contributed by atoms with Crippen molar-refractivity contribution in [2.75, 3.05) is 16.8 Å². The average Bonchev–Trinajstić information content (AvgIpc) is 3.12. The van der Waals surface area contributed by atoms with Crippen molar-refractivity contribution in [2.24, 2.45) is 0 Å². The molecule has 0 saturated heterocycles. The van der Waals surface area contributed by atoms with Gasteiger partial charge < -0.3 is 5.32 Å². The Labute approximate surface area is 131 Å². The molecule has 2 amide bonds. The summed E-state index contributed by atoms with van der Waals surface area (Å²) in [7, 11) is 0. The first-order valence-corrected chi connectivity index (χ1v) is 7.89. The van der Waals surface area contributed by atoms with Crippen molar-refractivity contribution >= 4 is 39.2 Å². The second-order valence-electron chi connectivity index (χ2n) is 5.46. The molecule has 1 atom stereocenters. The topological polar surface area (TPSA) is 58.1 Å². The van der Waals surface area contributed by atoms with Crippen LogP contribution < -0.4 is 10.2 Å². The molecule has 4 rings (SSSR count). The van der Waals surface area contributed by atoms with Crippen molar-refractivity contribution < 1.29 is 4.79 Å². The van der Waals surface area contributed by atoms with Gasteiger partial charge in [0.1, 0.15) is 5.52 Å². The van der Waals surface area contributed by atoms with Crippen molar-refractivity contribution in [3.8, 4) is 0 Å². The van der Waals surface area contributed by atoms with Crippen LogP contribution in [0.2, 0.25) is 0 Å². The van der Waals surface area contributed by atoms with Crippen LogP contribution in [0, 0.1) is 0 Å². The molecule has 0 fully saturated rings. The molecule has 3 aromatic rings. The highest BCUT2D eigenvalue weighted by atomic mass is 32.1. The van der Waals surface area contributed by atoms with Gasteiger partial charge in [0.25, 0.3) is 0 Å². The number of aromatic nitrogens is 2. The average molecular weight is 310 g/mol. The summed E-state index contributed by atoms with van der Waals surface area (Å²) in [4.78, 5) is 14.4. The van der Waals surface area contributed by atoms with Gasteiger partial charge in [-0.3, -0.25) is 4.90 Å². The van der Waals surface area contributed by atoms with Crippen LogP contribution in [0.25, 0.3) is 10.2 Å². The minimum atomic E-state index is -0.112. The SMILES string of the molecule is C[C@@H]1CN(C(=O)Nc2ccc3snnc3c2)c2ccccc21. The number of rotatable bonds is 1. The maximum absolute atomic E-state index is 12.6. The van der Waals surface area contributed by atoms with Crippen LogP contribution in [0.5, 0.6) is 0 Å². The molecule has 1 aliphatic heterocycles. The number of benzene rings is 2. The summed E-state index contributed by atoms with van der Waals surface area (Å²) in [6, 6.07) is 13.6. The van der Waals surface area contributed by atoms with Crippen LogP contribution in [0.3, 0.4) is 0 Å². The molecule has 1 N–H and O–H groups in total. The van der Waals surface area contributed by atoms with E-state index in [1.165, 1.54) is 17.1 Å². The third kappa shape index (κ3) is 2.12. The number of hydrogen-bond acceptors (Lipinski definition) is 4. The summed E-state index contributed by atoms with van der Waals surface area (Å²) in [6.45, 7) is 2.84. The number of carbonyl (C=O) groups is 1. The number of fused-ring (bicyclic) bond motifs is 2. The Morgan fingerprint density at radius 3 is 3.09 bits per heavy atom. The Bertz CT molecular complexity index is 860. The third-order valence-corrected chi connectivity index (χ3v) is 4.66. The predicted molar refractivity (Wildman–Crippen MR) is 88.6 cm³/mol. The van der Waals surface area contributed by atoms with E-state index >= 15 is 0 Å². The molecular weight excluding hydrogens is 296 g/mol. The van der Waals surface area contributed by atoms with E-state index in [4.69, 9.17) is 0 Å². The van der Waals surface area contributed by atoms with Gasteiger partial charge in [0, 0.05) is 23.8 Å². The van der Waals surface area contributed by atoms with Gasteiger partial charge in [-0.15, -0.1) is 5.10 Å². The largest absolute Gasteiger partial charge is 0.326 e. The molecule has 2 heterocycles. The number of hydrogen-bond donors (Lipinski definition) is 1. The fraction of sp³-hybridized carbons (Fsp3) is 0.188. The molecule has 0 saturated carbocycles. The minimum absolute atomic E-state index is 0.112. The van der Waals surface area contributed by atoms with Crippen LogP contribution in [-0.4, -0.2) is 22.2 Å². The first-order valence-electron chi connectivity index (χ1n) is 7.12. The van der Waals surface area contributed by atoms with Gasteiger partial charge in [0.2, 0.25) is 0 Å². The van der Waals surface area contributed by atoms with Gasteiger partial charge in [-0.1, -0.05) is 29.6 Å². The Balaban J connectivity index is 1.60. The van der Waals surface area contributed by atoms with Crippen LogP contribution in [0.1, 0.15) is 18.4 Å². The summed E-state index contributed by atoms with van der Waals surface area (Å²) in [5.74, 6) is 0.354. The van der Waals surface area contributed by atoms with E-state index in [1.807, 2.05) is 36.4 Å². The smallest absolute Gasteiger partial charge is 0.307 e. The van der Waals surface area contributed by atoms with E-state index in [0.717, 1.165) is 21.6 Å². The third-order valence-electron chi connectivity index (χ3n) is 3.96. The molecule has 2 aromatic carbocycles. The summed E-state index contributed by atoms with van der Waals surface area (Å²) in [5, 5.41) is 6.99. The molecule has 1 aliphatic rings. The fourth-order valence-corrected chi connectivity index (χ4v) is 3.40. The number of nitrogens with zero attached hydrogens (tertiary/aromatic N) is 3. The second kappa shape index (κ2) is 5.06. The van der Waals surface area contributed by atoms with Crippen molar-refractivity contribution in [1.29, 1.82) is 0 Å². The molecule has 6 heteroatoms. The number of amides is 2. The van der Waals surface area contributed by atoms with E-state index in [0.29, 0.717) is 12.5 Å². The van der Waals surface area contributed by atoms with Gasteiger partial charge in [-0.2, -0.15) is 0 Å². The molecule has 1 aromatic heterocycles. The van der Waals surface area contributed by atoms with Crippen LogP contribution in [0.4, 0.5) is 16.2 Å². The predicted octanol–water partition coefficient (Wildman–Crippen LogP) is 3.85. The normalized spacial score (nSPS) is 16.8. The van der Waals surface area contributed by atoms with Crippen molar-refractivity contribution in [2.45, 2.75) is 12.8 Å². The maximum atomic E-state index is 12.6. The van der Waals surface area contributed by atoms with Gasteiger partial charge in [-0.25, -0.2) is 4.79 Å². The van der Waals surface area contributed by atoms with Gasteiger partial charge in [-0.05, 0) is 41.4 Å². The quantitative estimate of drug-likeness (QED) is 0.743. The number of para-hydroxylation sites is 1. The van der Waals surface area contributed by atoms with Gasteiger partial charge in [0.05, 0.1) is 4.70 Å². The standard InChI is InChI=1S/C16H14N4OS/c1-10-9-20(14-5-3-2-4-12(10)14)16(21)17-11-6-7-15-13(8-11)18-19-22-15/h2-8,10H,9H2,1H3,(H,17,21)/t10-/m1/s1. The molecule has 22 heavy (non-hydrogen) atoms. The highest BCUT2D eigenvalue weighted by molar-refractivity contribution is 7.12. The zero-order chi connectivity index (χ0) is 15.1. The van der Waals surface area contributed by atoms with Gasteiger partial charge >= 0.3 is 6.03 Å². The summed E-state index contributed by atoms with van der Waals surface area (Å²) >= 11 is 1.35. The van der Waals surface area contributed by atoms with E-state index in [2.05, 4.69) is 27.9 Å². The second-order valence-corrected chi connectivity index (χ2v) is 6.24. The molecule has 5 nitrogen and oxygen atoms in total. The number of nitrogens with one attached hydrogen (secondary N) is 1. The Kier molecular flexibility index (Phi) is 3.04. The Morgan fingerprint density at radius 2 is 2.18 bits per heavy atom. The molecule has 0 spiro atoms. The lowest BCUT2D eigenvalue weighted by molar-refractivity contribution is 0.257. The number of anilines is 2. The number of urea groups is 1. The van der Waals surface area contributed by atoms with Crippen molar-refractivity contribution in [1.82, 2.24) is 9.59 Å². The lowest BCUT2D eigenvalue weighted by Crippen LogP contribution is -2.33. The highest BCUT2D eigenvalue weighted by Gasteiger charge is 2.29. The lowest BCUT2D eigenvalue weighted by Gasteiger charge is -2.18. The summed E-state index contributed by atoms with van der Waals surface area (Å²) in [5.41, 5.74) is 3.75. The minimum Gasteiger partial charge on any atom is -0.307 e. The first-order chi connectivity index (χ1) is 10.7. The molecule has 110 valence electrons. The highest BCUT2D eigenvalue weighted by Crippen LogP contribution is 2.36.